The van der Waals surface area contributed by atoms with E-state index in [0.29, 0.717) is 12.4 Å². The predicted octanol–water partition coefficient (Wildman–Crippen LogP) is 4.14. The molecule has 0 bridgehead atoms. The van der Waals surface area contributed by atoms with Gasteiger partial charge in [-0.15, -0.1) is 0 Å². The van der Waals surface area contributed by atoms with Crippen molar-refractivity contribution in [3.8, 4) is 0 Å². The number of aryl methyl sites for hydroxylation is 2. The van der Waals surface area contributed by atoms with E-state index in [1.165, 1.54) is 10.9 Å². The van der Waals surface area contributed by atoms with E-state index >= 15 is 0 Å². The number of para-hydroxylation sites is 1. The summed E-state index contributed by atoms with van der Waals surface area (Å²) in [5.74, 6) is 2.60. The second-order valence-corrected chi connectivity index (χ2v) is 5.26. The van der Waals surface area contributed by atoms with Crippen molar-refractivity contribution < 1.29 is 8.83 Å². The maximum Gasteiger partial charge on any atom is 0.208 e. The van der Waals surface area contributed by atoms with Crippen molar-refractivity contribution in [3.05, 3.63) is 53.4 Å². The lowest BCUT2D eigenvalue weighted by molar-refractivity contribution is 0.398. The molecule has 0 fully saturated rings. The summed E-state index contributed by atoms with van der Waals surface area (Å²) in [5, 5.41) is 4.58. The van der Waals surface area contributed by atoms with Gasteiger partial charge < -0.3 is 8.83 Å². The van der Waals surface area contributed by atoms with Crippen molar-refractivity contribution in [2.24, 2.45) is 0 Å². The summed E-state index contributed by atoms with van der Waals surface area (Å²) in [6.45, 7) is 6.84. The number of fused-ring (bicyclic) bond motifs is 1. The van der Waals surface area contributed by atoms with Crippen LogP contribution < -0.4 is 5.32 Å². The van der Waals surface area contributed by atoms with Crippen LogP contribution in [0.15, 0.2) is 39.3 Å². The molecule has 110 valence electrons. The third-order valence-corrected chi connectivity index (χ3v) is 3.78. The molecule has 0 amide bonds. The largest absolute Gasteiger partial charge is 0.459 e. The first-order valence-electron chi connectivity index (χ1n) is 7.34. The Kier molecular flexibility index (Phi) is 3.80. The number of nitrogens with one attached hydrogen (secondary N) is 1. The van der Waals surface area contributed by atoms with E-state index in [1.54, 1.807) is 6.20 Å². The molecule has 0 radical (unpaired) electrons. The molecule has 0 aliphatic carbocycles. The van der Waals surface area contributed by atoms with Crippen LogP contribution in [0.1, 0.15) is 42.9 Å². The van der Waals surface area contributed by atoms with Gasteiger partial charge in [0, 0.05) is 11.8 Å². The van der Waals surface area contributed by atoms with Gasteiger partial charge in [0.15, 0.2) is 0 Å². The third-order valence-electron chi connectivity index (χ3n) is 3.78. The maximum atomic E-state index is 5.96. The second kappa shape index (κ2) is 5.74. The van der Waals surface area contributed by atoms with Crippen LogP contribution in [-0.2, 0) is 13.0 Å². The topological polar surface area (TPSA) is 51.2 Å². The fraction of sp³-hybridized carbons (Fsp3) is 0.353. The van der Waals surface area contributed by atoms with Gasteiger partial charge in [0.2, 0.25) is 5.89 Å². The van der Waals surface area contributed by atoms with Crippen molar-refractivity contribution in [1.82, 2.24) is 10.3 Å². The third kappa shape index (κ3) is 2.72. The lowest BCUT2D eigenvalue weighted by atomic mass is 10.1. The molecule has 1 atom stereocenters. The summed E-state index contributed by atoms with van der Waals surface area (Å²) in [7, 11) is 0. The van der Waals surface area contributed by atoms with Gasteiger partial charge >= 0.3 is 0 Å². The van der Waals surface area contributed by atoms with Crippen LogP contribution in [0.2, 0.25) is 0 Å². The number of aromatic nitrogens is 1. The highest BCUT2D eigenvalue weighted by Gasteiger charge is 2.16. The van der Waals surface area contributed by atoms with Gasteiger partial charge in [-0.3, -0.25) is 5.32 Å². The first-order chi connectivity index (χ1) is 10.2. The first kappa shape index (κ1) is 13.9. The molecule has 2 heterocycles. The van der Waals surface area contributed by atoms with Crippen LogP contribution in [0, 0.1) is 6.92 Å². The molecule has 0 spiro atoms. The Labute approximate surface area is 124 Å². The van der Waals surface area contributed by atoms with Gasteiger partial charge in [-0.05, 0) is 25.5 Å². The lowest BCUT2D eigenvalue weighted by Gasteiger charge is -2.10. The van der Waals surface area contributed by atoms with Gasteiger partial charge in [0.25, 0.3) is 0 Å². The minimum absolute atomic E-state index is 0.106. The number of hydrogen-bond donors (Lipinski definition) is 1. The van der Waals surface area contributed by atoms with Crippen molar-refractivity contribution in [1.29, 1.82) is 0 Å². The highest BCUT2D eigenvalue weighted by molar-refractivity contribution is 5.82. The molecule has 4 heteroatoms. The Morgan fingerprint density at radius 1 is 1.24 bits per heavy atom. The van der Waals surface area contributed by atoms with Gasteiger partial charge in [-0.2, -0.15) is 0 Å². The molecule has 0 saturated heterocycles. The Bertz CT molecular complexity index is 742. The van der Waals surface area contributed by atoms with Crippen LogP contribution in [0.3, 0.4) is 0 Å². The van der Waals surface area contributed by atoms with Crippen molar-refractivity contribution in [2.45, 2.75) is 39.8 Å². The molecule has 3 aromatic rings. The van der Waals surface area contributed by atoms with Gasteiger partial charge in [0.1, 0.15) is 17.1 Å². The molecule has 21 heavy (non-hydrogen) atoms. The first-order valence-corrected chi connectivity index (χ1v) is 7.34. The van der Waals surface area contributed by atoms with E-state index in [1.807, 2.05) is 18.2 Å². The van der Waals surface area contributed by atoms with Crippen LogP contribution in [-0.4, -0.2) is 4.98 Å². The average Bonchev–Trinajstić information content (AvgIpc) is 3.10. The lowest BCUT2D eigenvalue weighted by Crippen LogP contribution is -2.18. The zero-order chi connectivity index (χ0) is 14.8. The Hall–Kier alpha value is -2.07. The summed E-state index contributed by atoms with van der Waals surface area (Å²) in [5.41, 5.74) is 2.12. The highest BCUT2D eigenvalue weighted by Crippen LogP contribution is 2.29. The van der Waals surface area contributed by atoms with Crippen LogP contribution in [0.4, 0.5) is 0 Å². The van der Waals surface area contributed by atoms with Crippen molar-refractivity contribution >= 4 is 11.0 Å². The molecule has 0 aliphatic heterocycles. The average molecular weight is 284 g/mol. The van der Waals surface area contributed by atoms with Gasteiger partial charge in [-0.1, -0.05) is 25.1 Å². The number of oxazole rings is 1. The smallest absolute Gasteiger partial charge is 0.208 e. The zero-order valence-electron chi connectivity index (χ0n) is 12.6. The minimum Gasteiger partial charge on any atom is -0.459 e. The van der Waals surface area contributed by atoms with E-state index in [2.05, 4.69) is 37.1 Å². The number of furan rings is 1. The Balaban J connectivity index is 1.74. The van der Waals surface area contributed by atoms with Crippen LogP contribution >= 0.6 is 0 Å². The van der Waals surface area contributed by atoms with Gasteiger partial charge in [-0.25, -0.2) is 4.98 Å². The summed E-state index contributed by atoms with van der Waals surface area (Å²) < 4.78 is 11.6. The second-order valence-electron chi connectivity index (χ2n) is 5.26. The van der Waals surface area contributed by atoms with E-state index in [-0.39, 0.29) is 6.04 Å². The molecular formula is C17H20N2O2. The zero-order valence-corrected chi connectivity index (χ0v) is 12.6. The number of hydrogen-bond acceptors (Lipinski definition) is 4. The van der Waals surface area contributed by atoms with Gasteiger partial charge in [0.05, 0.1) is 18.8 Å². The maximum absolute atomic E-state index is 5.96. The van der Waals surface area contributed by atoms with Crippen molar-refractivity contribution in [3.63, 3.8) is 0 Å². The number of rotatable bonds is 5. The summed E-state index contributed by atoms with van der Waals surface area (Å²) in [6.07, 6.45) is 2.65. The quantitative estimate of drug-likeness (QED) is 0.765. The normalized spacial score (nSPS) is 12.9. The summed E-state index contributed by atoms with van der Waals surface area (Å²) >= 11 is 0. The summed E-state index contributed by atoms with van der Waals surface area (Å²) in [4.78, 5) is 4.26. The highest BCUT2D eigenvalue weighted by atomic mass is 16.4. The monoisotopic (exact) mass is 284 g/mol. The summed E-state index contributed by atoms with van der Waals surface area (Å²) in [6, 6.07) is 8.22. The molecular weight excluding hydrogens is 264 g/mol. The SMILES string of the molecule is CCc1cnc(CNC(C)c2oc3ccccc3c2C)o1. The fourth-order valence-corrected chi connectivity index (χ4v) is 2.53. The van der Waals surface area contributed by atoms with E-state index in [9.17, 15) is 0 Å². The van der Waals surface area contributed by atoms with Crippen LogP contribution in [0.25, 0.3) is 11.0 Å². The van der Waals surface area contributed by atoms with Crippen LogP contribution in [0.5, 0.6) is 0 Å². The standard InChI is InChI=1S/C17H20N2O2/c1-4-13-9-19-16(20-13)10-18-12(3)17-11(2)14-7-5-6-8-15(14)21-17/h5-9,12,18H,4,10H2,1-3H3. The number of benzene rings is 1. The molecule has 1 N–H and O–H groups in total. The molecule has 1 aromatic carbocycles. The molecule has 4 nitrogen and oxygen atoms in total. The minimum atomic E-state index is 0.106. The van der Waals surface area contributed by atoms with E-state index < -0.39 is 0 Å². The Morgan fingerprint density at radius 3 is 2.76 bits per heavy atom. The molecule has 2 aromatic heterocycles. The predicted molar refractivity (Wildman–Crippen MR) is 82.1 cm³/mol. The molecule has 3 rings (SSSR count). The van der Waals surface area contributed by atoms with Crippen molar-refractivity contribution in [2.75, 3.05) is 0 Å². The molecule has 1 unspecified atom stereocenters. The molecule has 0 saturated carbocycles. The number of nitrogens with zero attached hydrogens (tertiary/aromatic N) is 1. The van der Waals surface area contributed by atoms with E-state index in [0.717, 1.165) is 23.5 Å². The van der Waals surface area contributed by atoms with E-state index in [4.69, 9.17) is 8.83 Å². The fourth-order valence-electron chi connectivity index (χ4n) is 2.53. The Morgan fingerprint density at radius 2 is 2.05 bits per heavy atom. The molecule has 0 aliphatic rings.